The number of anilines is 1. The van der Waals surface area contributed by atoms with E-state index in [1.165, 1.54) is 18.2 Å². The maximum atomic E-state index is 12.2. The summed E-state index contributed by atoms with van der Waals surface area (Å²) in [6.45, 7) is 0.215. The van der Waals surface area contributed by atoms with Crippen molar-refractivity contribution in [3.63, 3.8) is 0 Å². The number of hydrogen-bond donors (Lipinski definition) is 0. The van der Waals surface area contributed by atoms with Crippen LogP contribution in [-0.4, -0.2) is 23.3 Å². The van der Waals surface area contributed by atoms with Crippen molar-refractivity contribution in [3.8, 4) is 0 Å². The van der Waals surface area contributed by atoms with Gasteiger partial charge in [0.15, 0.2) is 0 Å². The standard InChI is InChI=1S/C18H16N2O5/c21-17-10-14(11-19(17)15-6-2-1-3-7-15)18(22)25-12-13-5-4-8-16(9-13)20(23)24/h1-9,14H,10-12H2/t14-/m1/s1. The van der Waals surface area contributed by atoms with Crippen molar-refractivity contribution in [2.45, 2.75) is 13.0 Å². The predicted molar refractivity (Wildman–Crippen MR) is 89.8 cm³/mol. The van der Waals surface area contributed by atoms with Gasteiger partial charge in [-0.25, -0.2) is 0 Å². The van der Waals surface area contributed by atoms with Crippen LogP contribution in [0.4, 0.5) is 11.4 Å². The molecule has 1 amide bonds. The summed E-state index contributed by atoms with van der Waals surface area (Å²) in [6.07, 6.45) is 0.0999. The highest BCUT2D eigenvalue weighted by molar-refractivity contribution is 5.99. The minimum absolute atomic E-state index is 0.0557. The van der Waals surface area contributed by atoms with Crippen LogP contribution >= 0.6 is 0 Å². The van der Waals surface area contributed by atoms with Crippen molar-refractivity contribution in [1.82, 2.24) is 0 Å². The zero-order chi connectivity index (χ0) is 17.8. The molecule has 3 rings (SSSR count). The summed E-state index contributed by atoms with van der Waals surface area (Å²) < 4.78 is 5.24. The van der Waals surface area contributed by atoms with E-state index in [9.17, 15) is 19.7 Å². The lowest BCUT2D eigenvalue weighted by Crippen LogP contribution is -2.26. The number of ether oxygens (including phenoxy) is 1. The van der Waals surface area contributed by atoms with Crippen LogP contribution in [-0.2, 0) is 20.9 Å². The molecule has 0 spiro atoms. The van der Waals surface area contributed by atoms with Gasteiger partial charge >= 0.3 is 5.97 Å². The molecule has 7 heteroatoms. The number of nitro benzene ring substituents is 1. The Balaban J connectivity index is 1.60. The average molecular weight is 340 g/mol. The van der Waals surface area contributed by atoms with E-state index in [0.29, 0.717) is 5.56 Å². The molecule has 1 saturated heterocycles. The number of rotatable bonds is 5. The molecular weight excluding hydrogens is 324 g/mol. The first kappa shape index (κ1) is 16.6. The molecule has 0 radical (unpaired) electrons. The summed E-state index contributed by atoms with van der Waals surface area (Å²) in [5.74, 6) is -1.13. The second-order valence-corrected chi connectivity index (χ2v) is 5.78. The molecule has 1 aliphatic rings. The van der Waals surface area contributed by atoms with Gasteiger partial charge in [-0.2, -0.15) is 0 Å². The minimum atomic E-state index is -0.536. The fraction of sp³-hybridized carbons (Fsp3) is 0.222. The van der Waals surface area contributed by atoms with Crippen LogP contribution in [0, 0.1) is 16.0 Å². The average Bonchev–Trinajstić information content (AvgIpc) is 3.02. The molecule has 0 aromatic heterocycles. The minimum Gasteiger partial charge on any atom is -0.461 e. The molecule has 2 aromatic rings. The van der Waals surface area contributed by atoms with E-state index >= 15 is 0 Å². The first-order valence-electron chi connectivity index (χ1n) is 7.80. The molecule has 1 atom stereocenters. The number of hydrogen-bond acceptors (Lipinski definition) is 5. The third kappa shape index (κ3) is 3.82. The summed E-state index contributed by atoms with van der Waals surface area (Å²) in [6, 6.07) is 15.1. The third-order valence-corrected chi connectivity index (χ3v) is 4.03. The Morgan fingerprint density at radius 3 is 2.68 bits per heavy atom. The molecule has 0 aliphatic carbocycles. The van der Waals surface area contributed by atoms with Gasteiger partial charge in [-0.1, -0.05) is 30.3 Å². The van der Waals surface area contributed by atoms with Crippen molar-refractivity contribution in [2.75, 3.05) is 11.4 Å². The van der Waals surface area contributed by atoms with Gasteiger partial charge in [-0.3, -0.25) is 19.7 Å². The highest BCUT2D eigenvalue weighted by Crippen LogP contribution is 2.26. The highest BCUT2D eigenvalue weighted by atomic mass is 16.6. The van der Waals surface area contributed by atoms with Crippen LogP contribution in [0.15, 0.2) is 54.6 Å². The molecular formula is C18H16N2O5. The summed E-state index contributed by atoms with van der Waals surface area (Å²) in [5.41, 5.74) is 1.23. The molecule has 25 heavy (non-hydrogen) atoms. The first-order chi connectivity index (χ1) is 12.0. The van der Waals surface area contributed by atoms with Gasteiger partial charge in [-0.15, -0.1) is 0 Å². The molecule has 0 bridgehead atoms. The molecule has 2 aromatic carbocycles. The van der Waals surface area contributed by atoms with E-state index in [0.717, 1.165) is 5.69 Å². The SMILES string of the molecule is O=C(OCc1cccc([N+](=O)[O-])c1)[C@@H]1CC(=O)N(c2ccccc2)C1. The van der Waals surface area contributed by atoms with Gasteiger partial charge in [-0.05, 0) is 17.7 Å². The molecule has 1 heterocycles. The van der Waals surface area contributed by atoms with Crippen LogP contribution < -0.4 is 4.90 Å². The Kier molecular flexibility index (Phi) is 4.74. The lowest BCUT2D eigenvalue weighted by Gasteiger charge is -2.16. The van der Waals surface area contributed by atoms with E-state index in [2.05, 4.69) is 0 Å². The van der Waals surface area contributed by atoms with E-state index < -0.39 is 16.8 Å². The number of carbonyl (C=O) groups is 2. The van der Waals surface area contributed by atoms with Gasteiger partial charge in [0.05, 0.1) is 10.8 Å². The molecule has 1 fully saturated rings. The highest BCUT2D eigenvalue weighted by Gasteiger charge is 2.36. The van der Waals surface area contributed by atoms with Crippen LogP contribution in [0.5, 0.6) is 0 Å². The van der Waals surface area contributed by atoms with Crippen molar-refractivity contribution < 1.29 is 19.2 Å². The predicted octanol–water partition coefficient (Wildman–Crippen LogP) is 2.69. The number of nitro groups is 1. The van der Waals surface area contributed by atoms with E-state index in [1.54, 1.807) is 11.0 Å². The molecule has 7 nitrogen and oxygen atoms in total. The lowest BCUT2D eigenvalue weighted by molar-refractivity contribution is -0.384. The Morgan fingerprint density at radius 1 is 1.20 bits per heavy atom. The summed E-state index contributed by atoms with van der Waals surface area (Å²) in [4.78, 5) is 36.2. The first-order valence-corrected chi connectivity index (χ1v) is 7.80. The second-order valence-electron chi connectivity index (χ2n) is 5.78. The van der Waals surface area contributed by atoms with E-state index in [-0.39, 0.29) is 31.2 Å². The zero-order valence-electron chi connectivity index (χ0n) is 13.3. The quantitative estimate of drug-likeness (QED) is 0.474. The summed E-state index contributed by atoms with van der Waals surface area (Å²) in [5, 5.41) is 10.8. The van der Waals surface area contributed by atoms with Crippen LogP contribution in [0.1, 0.15) is 12.0 Å². The Bertz CT molecular complexity index is 806. The lowest BCUT2D eigenvalue weighted by atomic mass is 10.1. The topological polar surface area (TPSA) is 89.7 Å². The number of carbonyl (C=O) groups excluding carboxylic acids is 2. The maximum absolute atomic E-state index is 12.2. The molecule has 1 aliphatic heterocycles. The maximum Gasteiger partial charge on any atom is 0.311 e. The van der Waals surface area contributed by atoms with Crippen LogP contribution in [0.3, 0.4) is 0 Å². The van der Waals surface area contributed by atoms with Crippen molar-refractivity contribution >= 4 is 23.3 Å². The Morgan fingerprint density at radius 2 is 1.96 bits per heavy atom. The van der Waals surface area contributed by atoms with Gasteiger partial charge in [0.1, 0.15) is 6.61 Å². The second kappa shape index (κ2) is 7.12. The van der Waals surface area contributed by atoms with Crippen molar-refractivity contribution in [2.24, 2.45) is 5.92 Å². The molecule has 0 N–H and O–H groups in total. The Labute approximate surface area is 144 Å². The van der Waals surface area contributed by atoms with Crippen molar-refractivity contribution in [3.05, 3.63) is 70.3 Å². The fourth-order valence-corrected chi connectivity index (χ4v) is 2.76. The number of benzene rings is 2. The number of nitrogens with zero attached hydrogens (tertiary/aromatic N) is 2. The third-order valence-electron chi connectivity index (χ3n) is 4.03. The Hall–Kier alpha value is -3.22. The number of esters is 1. The summed E-state index contributed by atoms with van der Waals surface area (Å²) >= 11 is 0. The smallest absolute Gasteiger partial charge is 0.311 e. The van der Waals surface area contributed by atoms with Gasteiger partial charge in [0.2, 0.25) is 5.91 Å². The van der Waals surface area contributed by atoms with Crippen LogP contribution in [0.2, 0.25) is 0 Å². The summed E-state index contributed by atoms with van der Waals surface area (Å²) in [7, 11) is 0. The van der Waals surface area contributed by atoms with Gasteiger partial charge in [0.25, 0.3) is 5.69 Å². The number of para-hydroxylation sites is 1. The van der Waals surface area contributed by atoms with Gasteiger partial charge < -0.3 is 9.64 Å². The monoisotopic (exact) mass is 340 g/mol. The van der Waals surface area contributed by atoms with Gasteiger partial charge in [0, 0.05) is 30.8 Å². The fourth-order valence-electron chi connectivity index (χ4n) is 2.76. The molecule has 0 saturated carbocycles. The largest absolute Gasteiger partial charge is 0.461 e. The molecule has 0 unspecified atom stereocenters. The van der Waals surface area contributed by atoms with Crippen molar-refractivity contribution in [1.29, 1.82) is 0 Å². The normalized spacial score (nSPS) is 16.7. The van der Waals surface area contributed by atoms with Crippen LogP contribution in [0.25, 0.3) is 0 Å². The van der Waals surface area contributed by atoms with E-state index in [4.69, 9.17) is 4.74 Å². The van der Waals surface area contributed by atoms with E-state index in [1.807, 2.05) is 30.3 Å². The molecule has 128 valence electrons. The number of amides is 1. The number of non-ortho nitro benzene ring substituents is 1. The zero-order valence-corrected chi connectivity index (χ0v) is 13.3.